The zero-order chi connectivity index (χ0) is 24.8. The standard InChI is InChI=1S/C27H28Cl2N2O4/c1-19-7-5-8-21(15-19)30-26(33)27(12-3-2-4-13-27)31(17-22-9-6-14-34-22)25(32)18-35-24-11-10-20(28)16-23(24)29/h5-11,14-16H,2-4,12-13,17-18H2,1H3,(H,30,33). The number of nitrogens with one attached hydrogen (secondary N) is 1. The van der Waals surface area contributed by atoms with Crippen LogP contribution in [-0.2, 0) is 16.1 Å². The van der Waals surface area contributed by atoms with E-state index in [4.69, 9.17) is 32.4 Å². The van der Waals surface area contributed by atoms with E-state index in [-0.39, 0.29) is 25.0 Å². The summed E-state index contributed by atoms with van der Waals surface area (Å²) in [6.45, 7) is 1.85. The maximum atomic E-state index is 13.8. The number of benzene rings is 2. The average molecular weight is 515 g/mol. The van der Waals surface area contributed by atoms with Gasteiger partial charge in [-0.15, -0.1) is 0 Å². The minimum atomic E-state index is -1.03. The van der Waals surface area contributed by atoms with E-state index in [9.17, 15) is 9.59 Å². The third-order valence-corrected chi connectivity index (χ3v) is 6.87. The summed E-state index contributed by atoms with van der Waals surface area (Å²) in [7, 11) is 0. The first-order valence-corrected chi connectivity index (χ1v) is 12.4. The first-order valence-electron chi connectivity index (χ1n) is 11.7. The predicted molar refractivity (Wildman–Crippen MR) is 137 cm³/mol. The Hall–Kier alpha value is -2.96. The van der Waals surface area contributed by atoms with Crippen LogP contribution in [0.15, 0.2) is 65.3 Å². The van der Waals surface area contributed by atoms with Gasteiger partial charge in [0.2, 0.25) is 5.91 Å². The Balaban J connectivity index is 1.62. The average Bonchev–Trinajstić information content (AvgIpc) is 3.36. The van der Waals surface area contributed by atoms with Crippen molar-refractivity contribution in [3.8, 4) is 5.75 Å². The molecule has 0 spiro atoms. The molecule has 4 rings (SSSR count). The highest BCUT2D eigenvalue weighted by atomic mass is 35.5. The van der Waals surface area contributed by atoms with Crippen LogP contribution in [0.4, 0.5) is 5.69 Å². The number of ether oxygens (including phenoxy) is 1. The summed E-state index contributed by atoms with van der Waals surface area (Å²) in [5, 5.41) is 3.84. The summed E-state index contributed by atoms with van der Waals surface area (Å²) >= 11 is 12.2. The SMILES string of the molecule is Cc1cccc(NC(=O)C2(N(Cc3ccco3)C(=O)COc3ccc(Cl)cc3Cl)CCCCC2)c1. The molecule has 1 aromatic heterocycles. The van der Waals surface area contributed by atoms with Crippen molar-refractivity contribution in [2.75, 3.05) is 11.9 Å². The predicted octanol–water partition coefficient (Wildman–Crippen LogP) is 6.64. The van der Waals surface area contributed by atoms with Crippen LogP contribution in [0.5, 0.6) is 5.75 Å². The maximum absolute atomic E-state index is 13.8. The molecule has 0 saturated heterocycles. The number of anilines is 1. The van der Waals surface area contributed by atoms with Crippen LogP contribution in [-0.4, -0.2) is 28.9 Å². The molecule has 6 nitrogen and oxygen atoms in total. The van der Waals surface area contributed by atoms with Crippen LogP contribution in [0.3, 0.4) is 0 Å². The number of carbonyl (C=O) groups excluding carboxylic acids is 2. The Bertz CT molecular complexity index is 1170. The quantitative estimate of drug-likeness (QED) is 0.365. The molecule has 1 saturated carbocycles. The van der Waals surface area contributed by atoms with Gasteiger partial charge < -0.3 is 19.4 Å². The highest BCUT2D eigenvalue weighted by molar-refractivity contribution is 6.35. The zero-order valence-electron chi connectivity index (χ0n) is 19.6. The molecule has 0 aliphatic heterocycles. The van der Waals surface area contributed by atoms with Gasteiger partial charge in [0, 0.05) is 10.7 Å². The van der Waals surface area contributed by atoms with Crippen LogP contribution in [0.1, 0.15) is 43.4 Å². The molecule has 0 atom stereocenters. The van der Waals surface area contributed by atoms with Crippen molar-refractivity contribution in [3.63, 3.8) is 0 Å². The van der Waals surface area contributed by atoms with Crippen molar-refractivity contribution in [1.29, 1.82) is 0 Å². The number of amides is 2. The van der Waals surface area contributed by atoms with Crippen molar-refractivity contribution < 1.29 is 18.7 Å². The molecule has 1 aliphatic rings. The van der Waals surface area contributed by atoms with E-state index in [2.05, 4.69) is 5.32 Å². The number of carbonyl (C=O) groups is 2. The van der Waals surface area contributed by atoms with Crippen LogP contribution in [0.2, 0.25) is 10.0 Å². The number of nitrogens with zero attached hydrogens (tertiary/aromatic N) is 1. The van der Waals surface area contributed by atoms with Crippen molar-refractivity contribution >= 4 is 40.7 Å². The number of furan rings is 1. The molecule has 1 heterocycles. The Labute approximate surface area is 215 Å². The van der Waals surface area contributed by atoms with Crippen LogP contribution in [0.25, 0.3) is 0 Å². The van der Waals surface area contributed by atoms with Gasteiger partial charge in [0.15, 0.2) is 6.61 Å². The lowest BCUT2D eigenvalue weighted by atomic mass is 9.79. The third-order valence-electron chi connectivity index (χ3n) is 6.34. The first kappa shape index (κ1) is 25.1. The van der Waals surface area contributed by atoms with Gasteiger partial charge in [0.1, 0.15) is 17.0 Å². The number of aryl methyl sites for hydroxylation is 1. The molecule has 1 fully saturated rings. The maximum Gasteiger partial charge on any atom is 0.261 e. The van der Waals surface area contributed by atoms with Gasteiger partial charge in [-0.2, -0.15) is 0 Å². The van der Waals surface area contributed by atoms with Gasteiger partial charge in [-0.1, -0.05) is 54.6 Å². The van der Waals surface area contributed by atoms with Gasteiger partial charge in [-0.3, -0.25) is 9.59 Å². The summed E-state index contributed by atoms with van der Waals surface area (Å²) in [4.78, 5) is 29.1. The Kier molecular flexibility index (Phi) is 8.04. The monoisotopic (exact) mass is 514 g/mol. The van der Waals surface area contributed by atoms with E-state index in [0.29, 0.717) is 40.1 Å². The second-order valence-electron chi connectivity index (χ2n) is 8.84. The topological polar surface area (TPSA) is 71.8 Å². The molecule has 3 aromatic rings. The summed E-state index contributed by atoms with van der Waals surface area (Å²) in [6.07, 6.45) is 5.36. The summed E-state index contributed by atoms with van der Waals surface area (Å²) < 4.78 is 11.3. The number of rotatable bonds is 8. The van der Waals surface area contributed by atoms with Crippen molar-refractivity contribution in [1.82, 2.24) is 4.90 Å². The van der Waals surface area contributed by atoms with E-state index in [1.807, 2.05) is 31.2 Å². The second kappa shape index (κ2) is 11.2. The van der Waals surface area contributed by atoms with Gasteiger partial charge in [-0.25, -0.2) is 0 Å². The molecule has 2 amide bonds. The lowest BCUT2D eigenvalue weighted by molar-refractivity contribution is -0.150. The minimum absolute atomic E-state index is 0.158. The Morgan fingerprint density at radius 1 is 1.06 bits per heavy atom. The largest absolute Gasteiger partial charge is 0.482 e. The number of halogens is 2. The smallest absolute Gasteiger partial charge is 0.261 e. The molecule has 1 aliphatic carbocycles. The van der Waals surface area contributed by atoms with Crippen LogP contribution in [0, 0.1) is 6.92 Å². The van der Waals surface area contributed by atoms with Gasteiger partial charge in [-0.05, 0) is 67.8 Å². The van der Waals surface area contributed by atoms with Gasteiger partial charge >= 0.3 is 0 Å². The fourth-order valence-electron chi connectivity index (χ4n) is 4.57. The molecule has 0 radical (unpaired) electrons. The second-order valence-corrected chi connectivity index (χ2v) is 9.68. The fraction of sp³-hybridized carbons (Fsp3) is 0.333. The van der Waals surface area contributed by atoms with Crippen LogP contribution >= 0.6 is 23.2 Å². The van der Waals surface area contributed by atoms with Crippen molar-refractivity contribution in [3.05, 3.63) is 82.2 Å². The van der Waals surface area contributed by atoms with Crippen molar-refractivity contribution in [2.24, 2.45) is 0 Å². The number of hydrogen-bond acceptors (Lipinski definition) is 4. The molecular weight excluding hydrogens is 487 g/mol. The lowest BCUT2D eigenvalue weighted by Gasteiger charge is -2.44. The molecule has 35 heavy (non-hydrogen) atoms. The van der Waals surface area contributed by atoms with E-state index in [1.54, 1.807) is 41.5 Å². The highest BCUT2D eigenvalue weighted by Crippen LogP contribution is 2.37. The van der Waals surface area contributed by atoms with Gasteiger partial charge in [0.05, 0.1) is 17.8 Å². The lowest BCUT2D eigenvalue weighted by Crippen LogP contribution is -2.60. The van der Waals surface area contributed by atoms with E-state index in [0.717, 1.165) is 24.8 Å². The molecule has 1 N–H and O–H groups in total. The third kappa shape index (κ3) is 6.00. The zero-order valence-corrected chi connectivity index (χ0v) is 21.1. The van der Waals surface area contributed by atoms with E-state index >= 15 is 0 Å². The van der Waals surface area contributed by atoms with Crippen molar-refractivity contribution in [2.45, 2.75) is 51.1 Å². The molecular formula is C27H28Cl2N2O4. The van der Waals surface area contributed by atoms with E-state index < -0.39 is 5.54 Å². The first-order chi connectivity index (χ1) is 16.9. The summed E-state index contributed by atoms with van der Waals surface area (Å²) in [6, 6.07) is 16.0. The molecule has 8 heteroatoms. The highest BCUT2D eigenvalue weighted by Gasteiger charge is 2.47. The summed E-state index contributed by atoms with van der Waals surface area (Å²) in [5.41, 5.74) is 0.714. The number of hydrogen-bond donors (Lipinski definition) is 1. The fourth-order valence-corrected chi connectivity index (χ4v) is 5.04. The Morgan fingerprint density at radius 2 is 1.86 bits per heavy atom. The summed E-state index contributed by atoms with van der Waals surface area (Å²) in [5.74, 6) is 0.418. The molecule has 184 valence electrons. The normalized spacial score (nSPS) is 14.8. The van der Waals surface area contributed by atoms with Gasteiger partial charge in [0.25, 0.3) is 5.91 Å². The van der Waals surface area contributed by atoms with E-state index in [1.165, 1.54) is 0 Å². The Morgan fingerprint density at radius 3 is 2.54 bits per heavy atom. The molecule has 0 unspecified atom stereocenters. The molecule has 2 aromatic carbocycles. The van der Waals surface area contributed by atoms with Crippen LogP contribution < -0.4 is 10.1 Å². The minimum Gasteiger partial charge on any atom is -0.482 e. The molecule has 0 bridgehead atoms.